The minimum Gasteiger partial charge on any atom is -0.379 e. The molecule has 4 atom stereocenters. The molecule has 0 fully saturated rings. The highest BCUT2D eigenvalue weighted by Crippen LogP contribution is 2.45. The summed E-state index contributed by atoms with van der Waals surface area (Å²) in [6, 6.07) is 0. The van der Waals surface area contributed by atoms with Crippen molar-refractivity contribution < 1.29 is 34.0 Å². The molecule has 0 bridgehead atoms. The van der Waals surface area contributed by atoms with E-state index in [4.69, 9.17) is 9.05 Å². The van der Waals surface area contributed by atoms with Gasteiger partial charge < -0.3 is 20.4 Å². The van der Waals surface area contributed by atoms with Gasteiger partial charge in [0.1, 0.15) is 36.4 Å². The molecule has 10 heteroatoms. The summed E-state index contributed by atoms with van der Waals surface area (Å²) < 4.78 is 24.6. The van der Waals surface area contributed by atoms with Gasteiger partial charge in [0.25, 0.3) is 0 Å². The maximum Gasteiger partial charge on any atom is 0.322 e. The molecule has 0 aliphatic heterocycles. The molecule has 0 saturated carbocycles. The number of hydrogen-bond acceptors (Lipinski definition) is 9. The van der Waals surface area contributed by atoms with Crippen molar-refractivity contribution in [3.8, 4) is 0 Å². The molecule has 170 valence electrons. The zero-order valence-electron chi connectivity index (χ0n) is 18.5. The highest BCUT2D eigenvalue weighted by Gasteiger charge is 2.45. The topological polar surface area (TPSA) is 123 Å². The Bertz CT molecular complexity index is 411. The molecular weight excluding hydrogens is 387 g/mol. The van der Waals surface area contributed by atoms with Crippen LogP contribution in [-0.2, 0) is 13.6 Å². The SMILES string of the molecule is CCC(CC)(O[PH](=O)OC(CC)(CC)N(C(C)O)C(C)O)N(C(C)O)C(C)O. The third kappa shape index (κ3) is 6.45. The van der Waals surface area contributed by atoms with Crippen LogP contribution < -0.4 is 0 Å². The van der Waals surface area contributed by atoms with Gasteiger partial charge >= 0.3 is 8.25 Å². The van der Waals surface area contributed by atoms with E-state index in [1.807, 2.05) is 0 Å². The Kier molecular flexibility index (Phi) is 11.9. The molecule has 0 aromatic carbocycles. The molecule has 0 radical (unpaired) electrons. The zero-order valence-corrected chi connectivity index (χ0v) is 19.5. The minimum atomic E-state index is -3.15. The molecule has 0 spiro atoms. The average molecular weight is 429 g/mol. The van der Waals surface area contributed by atoms with Gasteiger partial charge in [-0.15, -0.1) is 0 Å². The fraction of sp³-hybridized carbons (Fsp3) is 1.00. The van der Waals surface area contributed by atoms with E-state index in [-0.39, 0.29) is 0 Å². The lowest BCUT2D eigenvalue weighted by molar-refractivity contribution is -0.235. The smallest absolute Gasteiger partial charge is 0.322 e. The lowest BCUT2D eigenvalue weighted by Crippen LogP contribution is -2.58. The summed E-state index contributed by atoms with van der Waals surface area (Å²) in [6.45, 7) is 13.2. The van der Waals surface area contributed by atoms with Crippen LogP contribution in [0, 0.1) is 0 Å². The predicted molar refractivity (Wildman–Crippen MR) is 108 cm³/mol. The molecule has 0 aliphatic rings. The number of aliphatic hydroxyl groups excluding tert-OH is 4. The first kappa shape index (κ1) is 27.9. The maximum atomic E-state index is 13.0. The average Bonchev–Trinajstić information content (AvgIpc) is 2.58. The molecule has 28 heavy (non-hydrogen) atoms. The molecule has 0 aliphatic carbocycles. The third-order valence-corrected chi connectivity index (χ3v) is 6.40. The standard InChI is InChI=1S/C18H41N2O7P/c1-9-17(10-2,19(13(5)21)14(6)22)26-28(25)27-18(11-3,12-4)20(15(7)23)16(8)24/h13-16,21-24,28H,9-12H2,1-8H3. The summed E-state index contributed by atoms with van der Waals surface area (Å²) in [6.07, 6.45) is -2.76. The Morgan fingerprint density at radius 3 is 1.04 bits per heavy atom. The second-order valence-corrected chi connectivity index (χ2v) is 8.01. The van der Waals surface area contributed by atoms with Crippen LogP contribution in [-0.4, -0.2) is 66.6 Å². The Hall–Kier alpha value is -0.0900. The van der Waals surface area contributed by atoms with Crippen molar-refractivity contribution in [3.63, 3.8) is 0 Å². The maximum absolute atomic E-state index is 13.0. The van der Waals surface area contributed by atoms with E-state index in [1.54, 1.807) is 27.7 Å². The molecule has 0 saturated heterocycles. The van der Waals surface area contributed by atoms with Gasteiger partial charge in [0.15, 0.2) is 0 Å². The van der Waals surface area contributed by atoms with E-state index in [1.165, 1.54) is 37.5 Å². The lowest BCUT2D eigenvalue weighted by atomic mass is 10.0. The van der Waals surface area contributed by atoms with E-state index in [2.05, 4.69) is 0 Å². The first-order valence-electron chi connectivity index (χ1n) is 10.1. The molecular formula is C18H41N2O7P. The summed E-state index contributed by atoms with van der Waals surface area (Å²) >= 11 is 0. The molecule has 4 N–H and O–H groups in total. The molecule has 0 aromatic heterocycles. The van der Waals surface area contributed by atoms with Crippen molar-refractivity contribution in [3.05, 3.63) is 0 Å². The van der Waals surface area contributed by atoms with Gasteiger partial charge in [0, 0.05) is 0 Å². The molecule has 0 amide bonds. The molecule has 4 unspecified atom stereocenters. The van der Waals surface area contributed by atoms with Crippen LogP contribution >= 0.6 is 8.25 Å². The summed E-state index contributed by atoms with van der Waals surface area (Å²) in [5.74, 6) is 0. The highest BCUT2D eigenvalue weighted by molar-refractivity contribution is 7.33. The summed E-state index contributed by atoms with van der Waals surface area (Å²) in [4.78, 5) is 2.69. The van der Waals surface area contributed by atoms with Crippen molar-refractivity contribution in [2.24, 2.45) is 0 Å². The van der Waals surface area contributed by atoms with Crippen molar-refractivity contribution in [2.45, 2.75) is 117 Å². The van der Waals surface area contributed by atoms with Crippen LogP contribution in [0.15, 0.2) is 0 Å². The van der Waals surface area contributed by atoms with Gasteiger partial charge in [-0.25, -0.2) is 9.80 Å². The van der Waals surface area contributed by atoms with Gasteiger partial charge in [-0.1, -0.05) is 27.7 Å². The first-order chi connectivity index (χ1) is 12.9. The Labute approximate surface area is 170 Å². The van der Waals surface area contributed by atoms with E-state index in [0.29, 0.717) is 25.7 Å². The van der Waals surface area contributed by atoms with Crippen molar-refractivity contribution in [2.75, 3.05) is 0 Å². The largest absolute Gasteiger partial charge is 0.379 e. The molecule has 9 nitrogen and oxygen atoms in total. The van der Waals surface area contributed by atoms with E-state index >= 15 is 0 Å². The van der Waals surface area contributed by atoms with Crippen LogP contribution in [0.4, 0.5) is 0 Å². The summed E-state index contributed by atoms with van der Waals surface area (Å²) in [5, 5.41) is 40.5. The van der Waals surface area contributed by atoms with E-state index in [0.717, 1.165) is 0 Å². The van der Waals surface area contributed by atoms with E-state index in [9.17, 15) is 25.0 Å². The molecule has 0 rings (SSSR count). The van der Waals surface area contributed by atoms with Gasteiger partial charge in [-0.3, -0.25) is 13.6 Å². The molecule has 0 heterocycles. The Morgan fingerprint density at radius 2 is 0.893 bits per heavy atom. The lowest BCUT2D eigenvalue weighted by Gasteiger charge is -2.48. The minimum absolute atomic E-state index is 0.348. The van der Waals surface area contributed by atoms with Gasteiger partial charge in [-0.2, -0.15) is 0 Å². The number of nitrogens with zero attached hydrogens (tertiary/aromatic N) is 2. The number of hydrogen-bond donors (Lipinski definition) is 4. The molecule has 0 aromatic rings. The predicted octanol–water partition coefficient (Wildman–Crippen LogP) is 2.40. The van der Waals surface area contributed by atoms with Crippen LogP contribution in [0.3, 0.4) is 0 Å². The van der Waals surface area contributed by atoms with E-state index < -0.39 is 44.6 Å². The summed E-state index contributed by atoms with van der Waals surface area (Å²) in [7, 11) is -3.15. The van der Waals surface area contributed by atoms with Crippen LogP contribution in [0.25, 0.3) is 0 Å². The monoisotopic (exact) mass is 428 g/mol. The fourth-order valence-electron chi connectivity index (χ4n) is 3.94. The van der Waals surface area contributed by atoms with Gasteiger partial charge in [-0.05, 0) is 53.4 Å². The first-order valence-corrected chi connectivity index (χ1v) is 11.3. The number of aliphatic hydroxyl groups is 4. The fourth-order valence-corrected chi connectivity index (χ4v) is 5.39. The summed E-state index contributed by atoms with van der Waals surface area (Å²) in [5.41, 5.74) is -2.40. The Morgan fingerprint density at radius 1 is 0.679 bits per heavy atom. The van der Waals surface area contributed by atoms with Crippen LogP contribution in [0.1, 0.15) is 81.1 Å². The normalized spacial score (nSPS) is 18.9. The van der Waals surface area contributed by atoms with Gasteiger partial charge in [0.2, 0.25) is 0 Å². The highest BCUT2D eigenvalue weighted by atomic mass is 31.1. The second kappa shape index (κ2) is 11.9. The van der Waals surface area contributed by atoms with Crippen molar-refractivity contribution in [1.29, 1.82) is 0 Å². The second-order valence-electron chi connectivity index (χ2n) is 7.10. The quantitative estimate of drug-likeness (QED) is 0.244. The van der Waals surface area contributed by atoms with Crippen LogP contribution in [0.2, 0.25) is 0 Å². The van der Waals surface area contributed by atoms with Crippen molar-refractivity contribution in [1.82, 2.24) is 9.80 Å². The third-order valence-electron chi connectivity index (χ3n) is 5.31. The van der Waals surface area contributed by atoms with Crippen LogP contribution in [0.5, 0.6) is 0 Å². The van der Waals surface area contributed by atoms with Gasteiger partial charge in [0.05, 0.1) is 0 Å². The zero-order chi connectivity index (χ0) is 22.3. The number of rotatable bonds is 14. The van der Waals surface area contributed by atoms with Crippen molar-refractivity contribution >= 4 is 8.25 Å². The Balaban J connectivity index is 5.86.